The van der Waals surface area contributed by atoms with E-state index in [1.165, 1.54) is 11.1 Å². The van der Waals surface area contributed by atoms with E-state index in [4.69, 9.17) is 25.8 Å². The number of carbonyl (C=O) groups is 1. The maximum Gasteiger partial charge on any atom is 0.320 e. The molecule has 282 valence electrons. The molecule has 2 atom stereocenters. The van der Waals surface area contributed by atoms with E-state index in [1.54, 1.807) is 0 Å². The minimum absolute atomic E-state index is 0.202. The van der Waals surface area contributed by atoms with Crippen molar-refractivity contribution in [1.29, 1.82) is 0 Å². The Bertz CT molecular complexity index is 1900. The Hall–Kier alpha value is -4.08. The second kappa shape index (κ2) is 17.8. The van der Waals surface area contributed by atoms with Crippen LogP contribution in [0, 0.1) is 27.7 Å². The number of halogens is 1. The molecule has 2 aliphatic rings. The zero-order valence-electron chi connectivity index (χ0n) is 31.5. The molecule has 0 bridgehead atoms. The minimum Gasteiger partial charge on any atom is -0.493 e. The van der Waals surface area contributed by atoms with Crippen LogP contribution in [0.25, 0.3) is 11.1 Å². The first kappa shape index (κ1) is 38.6. The lowest BCUT2D eigenvalue weighted by Crippen LogP contribution is -2.44. The number of aliphatic hydroxyl groups excluding tert-OH is 1. The molecular formula is C44H53ClN2O6. The number of aliphatic hydroxyl groups is 1. The normalized spacial score (nSPS) is 17.9. The number of aliphatic carboxylic acids is 1. The SMILES string of the molecule is Cc1ccc(COc2cc(OCc3cccc(-c4cccc(OCCCN5CC[C@@H](O)C5)c4C)c3C)c(Cl)cc2CN2CCCC[C@H]2C(=O)O)cc1C. The monoisotopic (exact) mass is 740 g/mol. The number of nitrogens with zero attached hydrogens (tertiary/aromatic N) is 2. The van der Waals surface area contributed by atoms with Gasteiger partial charge in [-0.25, -0.2) is 0 Å². The Balaban J connectivity index is 1.18. The highest BCUT2D eigenvalue weighted by molar-refractivity contribution is 6.32. The van der Waals surface area contributed by atoms with Crippen molar-refractivity contribution >= 4 is 17.6 Å². The zero-order chi connectivity index (χ0) is 37.5. The predicted molar refractivity (Wildman–Crippen MR) is 210 cm³/mol. The number of aryl methyl sites for hydroxylation is 2. The predicted octanol–water partition coefficient (Wildman–Crippen LogP) is 8.67. The third kappa shape index (κ3) is 9.73. The van der Waals surface area contributed by atoms with Crippen molar-refractivity contribution in [2.24, 2.45) is 0 Å². The summed E-state index contributed by atoms with van der Waals surface area (Å²) in [6, 6.07) is 22.0. The molecule has 8 nitrogen and oxygen atoms in total. The van der Waals surface area contributed by atoms with Gasteiger partial charge in [0, 0.05) is 37.8 Å². The molecule has 4 aromatic rings. The topological polar surface area (TPSA) is 91.7 Å². The number of hydrogen-bond acceptors (Lipinski definition) is 7. The fourth-order valence-corrected chi connectivity index (χ4v) is 7.75. The number of hydrogen-bond donors (Lipinski definition) is 2. The van der Waals surface area contributed by atoms with Gasteiger partial charge >= 0.3 is 5.97 Å². The average molecular weight is 741 g/mol. The van der Waals surface area contributed by atoms with E-state index in [1.807, 2.05) is 29.2 Å². The molecule has 0 radical (unpaired) electrons. The fourth-order valence-electron chi connectivity index (χ4n) is 7.51. The van der Waals surface area contributed by atoms with Crippen LogP contribution in [0.15, 0.2) is 66.7 Å². The summed E-state index contributed by atoms with van der Waals surface area (Å²) in [5.41, 5.74) is 9.80. The van der Waals surface area contributed by atoms with Crippen LogP contribution in [0.3, 0.4) is 0 Å². The van der Waals surface area contributed by atoms with Gasteiger partial charge in [-0.15, -0.1) is 0 Å². The van der Waals surface area contributed by atoms with Gasteiger partial charge in [0.2, 0.25) is 0 Å². The molecule has 0 unspecified atom stereocenters. The summed E-state index contributed by atoms with van der Waals surface area (Å²) >= 11 is 6.90. The Morgan fingerprint density at radius 1 is 0.792 bits per heavy atom. The molecular weight excluding hydrogens is 688 g/mol. The third-order valence-electron chi connectivity index (χ3n) is 10.9. The second-order valence-electron chi connectivity index (χ2n) is 14.7. The summed E-state index contributed by atoms with van der Waals surface area (Å²) < 4.78 is 19.1. The van der Waals surface area contributed by atoms with Crippen LogP contribution in [-0.4, -0.2) is 70.9 Å². The quantitative estimate of drug-likeness (QED) is 0.117. The molecule has 4 aromatic carbocycles. The number of likely N-dealkylation sites (tertiary alicyclic amines) is 2. The van der Waals surface area contributed by atoms with Crippen LogP contribution in [0.1, 0.15) is 71.0 Å². The van der Waals surface area contributed by atoms with Crippen LogP contribution in [0.5, 0.6) is 17.2 Å². The average Bonchev–Trinajstić information content (AvgIpc) is 3.56. The first-order chi connectivity index (χ1) is 25.6. The van der Waals surface area contributed by atoms with Crippen molar-refractivity contribution in [2.75, 3.05) is 32.8 Å². The molecule has 2 aliphatic heterocycles. The summed E-state index contributed by atoms with van der Waals surface area (Å²) in [4.78, 5) is 16.4. The summed E-state index contributed by atoms with van der Waals surface area (Å²) in [7, 11) is 0. The largest absolute Gasteiger partial charge is 0.493 e. The number of piperidine rings is 1. The summed E-state index contributed by atoms with van der Waals surface area (Å²) in [5.74, 6) is 1.23. The van der Waals surface area contributed by atoms with E-state index in [9.17, 15) is 15.0 Å². The molecule has 0 amide bonds. The van der Waals surface area contributed by atoms with Crippen LogP contribution in [0.2, 0.25) is 5.02 Å². The highest BCUT2D eigenvalue weighted by Gasteiger charge is 2.29. The number of carboxylic acids is 1. The summed E-state index contributed by atoms with van der Waals surface area (Å²) in [6.07, 6.45) is 4.05. The van der Waals surface area contributed by atoms with Crippen LogP contribution < -0.4 is 14.2 Å². The van der Waals surface area contributed by atoms with Gasteiger partial charge in [-0.2, -0.15) is 0 Å². The van der Waals surface area contributed by atoms with Crippen molar-refractivity contribution in [2.45, 2.75) is 91.7 Å². The van der Waals surface area contributed by atoms with Crippen LogP contribution in [0.4, 0.5) is 0 Å². The number of rotatable bonds is 15. The number of β-amino-alcohol motifs (C(OH)–C–C–N with tert-alkyl or cyclic N) is 1. The number of carboxylic acid groups (broad SMARTS) is 1. The Kier molecular flexibility index (Phi) is 13.0. The molecule has 53 heavy (non-hydrogen) atoms. The van der Waals surface area contributed by atoms with Crippen molar-refractivity contribution in [3.05, 3.63) is 111 Å². The fraction of sp³-hybridized carbons (Fsp3) is 0.432. The first-order valence-electron chi connectivity index (χ1n) is 18.9. The van der Waals surface area contributed by atoms with E-state index in [0.29, 0.717) is 55.9 Å². The Morgan fingerprint density at radius 3 is 2.32 bits per heavy atom. The molecule has 9 heteroatoms. The maximum absolute atomic E-state index is 12.1. The molecule has 6 rings (SSSR count). The maximum atomic E-state index is 12.1. The Labute approximate surface area is 319 Å². The van der Waals surface area contributed by atoms with Gasteiger partial charge in [0.15, 0.2) is 0 Å². The Morgan fingerprint density at radius 2 is 1.57 bits per heavy atom. The highest BCUT2D eigenvalue weighted by atomic mass is 35.5. The highest BCUT2D eigenvalue weighted by Crippen LogP contribution is 2.37. The molecule has 0 aromatic heterocycles. The number of ether oxygens (including phenoxy) is 3. The second-order valence-corrected chi connectivity index (χ2v) is 15.1. The summed E-state index contributed by atoms with van der Waals surface area (Å²) in [5, 5.41) is 20.2. The standard InChI is InChI=1S/C44H53ClN2O6/c1-29-15-16-33(22-30(29)2)27-52-42-24-43(39(45)23-35(42)25-47-19-6-5-13-40(47)44(49)50)53-28-34-10-7-11-37(31(34)3)38-12-8-14-41(32(38)4)51-21-9-18-46-20-17-36(48)26-46/h7-8,10-12,14-16,22-24,36,40,48H,5-6,9,13,17-21,25-28H2,1-4H3,(H,49,50)/t36-,40+/m1/s1. The number of benzene rings is 4. The van der Waals surface area contributed by atoms with Crippen molar-refractivity contribution < 1.29 is 29.2 Å². The van der Waals surface area contributed by atoms with Gasteiger partial charge in [0.1, 0.15) is 36.5 Å². The molecule has 2 heterocycles. The minimum atomic E-state index is -0.796. The van der Waals surface area contributed by atoms with Gasteiger partial charge in [-0.05, 0) is 117 Å². The molecule has 0 spiro atoms. The van der Waals surface area contributed by atoms with Crippen molar-refractivity contribution in [3.63, 3.8) is 0 Å². The van der Waals surface area contributed by atoms with Gasteiger partial charge in [-0.1, -0.05) is 66.6 Å². The lowest BCUT2D eigenvalue weighted by atomic mass is 9.93. The van der Waals surface area contributed by atoms with E-state index in [-0.39, 0.29) is 6.10 Å². The van der Waals surface area contributed by atoms with Gasteiger partial charge in [0.25, 0.3) is 0 Å². The molecule has 2 N–H and O–H groups in total. The van der Waals surface area contributed by atoms with Crippen LogP contribution >= 0.6 is 11.6 Å². The van der Waals surface area contributed by atoms with Gasteiger partial charge in [-0.3, -0.25) is 9.69 Å². The molecule has 2 fully saturated rings. The molecule has 0 saturated carbocycles. The molecule has 0 aliphatic carbocycles. The van der Waals surface area contributed by atoms with E-state index in [0.717, 1.165) is 90.0 Å². The van der Waals surface area contributed by atoms with Gasteiger partial charge in [0.05, 0.1) is 17.7 Å². The van der Waals surface area contributed by atoms with Crippen molar-refractivity contribution in [3.8, 4) is 28.4 Å². The third-order valence-corrected chi connectivity index (χ3v) is 11.2. The smallest absolute Gasteiger partial charge is 0.320 e. The van der Waals surface area contributed by atoms with Gasteiger partial charge < -0.3 is 29.3 Å². The van der Waals surface area contributed by atoms with E-state index < -0.39 is 12.0 Å². The lowest BCUT2D eigenvalue weighted by molar-refractivity contribution is -0.144. The van der Waals surface area contributed by atoms with Crippen LogP contribution in [-0.2, 0) is 24.6 Å². The zero-order valence-corrected chi connectivity index (χ0v) is 32.3. The van der Waals surface area contributed by atoms with E-state index in [2.05, 4.69) is 75.1 Å². The summed E-state index contributed by atoms with van der Waals surface area (Å²) in [6.45, 7) is 13.5. The first-order valence-corrected chi connectivity index (χ1v) is 19.3. The van der Waals surface area contributed by atoms with E-state index >= 15 is 0 Å². The van der Waals surface area contributed by atoms with Crippen molar-refractivity contribution in [1.82, 2.24) is 9.80 Å². The lowest BCUT2D eigenvalue weighted by Gasteiger charge is -2.33. The molecule has 2 saturated heterocycles.